The van der Waals surface area contributed by atoms with Crippen molar-refractivity contribution in [1.29, 1.82) is 0 Å². The van der Waals surface area contributed by atoms with Gasteiger partial charge in [-0.25, -0.2) is 4.79 Å². The summed E-state index contributed by atoms with van der Waals surface area (Å²) in [4.78, 5) is 27.1. The molecule has 23 heavy (non-hydrogen) atoms. The third kappa shape index (κ3) is 6.10. The van der Waals surface area contributed by atoms with Crippen molar-refractivity contribution in [3.63, 3.8) is 0 Å². The minimum absolute atomic E-state index is 0.0400. The molecule has 1 heterocycles. The minimum Gasteiger partial charge on any atom is -0.475 e. The fourth-order valence-corrected chi connectivity index (χ4v) is 1.59. The number of hydroxylamine groups is 2. The molecule has 1 aromatic heterocycles. The molecule has 130 valence electrons. The van der Waals surface area contributed by atoms with E-state index in [1.165, 1.54) is 25.0 Å². The van der Waals surface area contributed by atoms with Crippen LogP contribution in [-0.2, 0) is 16.1 Å². The molecular weight excluding hydrogens is 308 g/mol. The van der Waals surface area contributed by atoms with Crippen LogP contribution in [-0.4, -0.2) is 52.2 Å². The zero-order chi connectivity index (χ0) is 17.6. The smallest absolute Gasteiger partial charge is 0.434 e. The number of nitro groups is 1. The Bertz CT molecular complexity index is 551. The van der Waals surface area contributed by atoms with Crippen molar-refractivity contribution in [2.75, 3.05) is 20.8 Å². The van der Waals surface area contributed by atoms with Gasteiger partial charge < -0.3 is 9.47 Å². The van der Waals surface area contributed by atoms with E-state index in [1.54, 1.807) is 20.8 Å². The molecule has 0 atom stereocenters. The molecule has 0 unspecified atom stereocenters. The minimum atomic E-state index is -0.598. The van der Waals surface area contributed by atoms with E-state index < -0.39 is 16.6 Å². The maximum absolute atomic E-state index is 11.7. The van der Waals surface area contributed by atoms with Gasteiger partial charge in [-0.15, -0.1) is 5.10 Å². The summed E-state index contributed by atoms with van der Waals surface area (Å²) in [5, 5.41) is 15.7. The Labute approximate surface area is 134 Å². The summed E-state index contributed by atoms with van der Waals surface area (Å²) in [5.74, 6) is -0.0400. The lowest BCUT2D eigenvalue weighted by Crippen LogP contribution is -2.34. The molecule has 0 aliphatic carbocycles. The summed E-state index contributed by atoms with van der Waals surface area (Å²) >= 11 is 0. The lowest BCUT2D eigenvalue weighted by Gasteiger charge is -2.23. The van der Waals surface area contributed by atoms with Gasteiger partial charge in [0, 0.05) is 13.6 Å². The third-order valence-corrected chi connectivity index (χ3v) is 2.57. The van der Waals surface area contributed by atoms with Crippen molar-refractivity contribution < 1.29 is 24.0 Å². The Morgan fingerprint density at radius 1 is 1.48 bits per heavy atom. The van der Waals surface area contributed by atoms with Crippen molar-refractivity contribution >= 4 is 11.8 Å². The number of hydrogen-bond donors (Lipinski definition) is 0. The van der Waals surface area contributed by atoms with Gasteiger partial charge in [0.05, 0.1) is 18.6 Å². The van der Waals surface area contributed by atoms with E-state index in [0.29, 0.717) is 13.0 Å². The molecule has 1 rings (SSSR count). The molecule has 1 amide bonds. The number of methoxy groups -OCH3 is 1. The van der Waals surface area contributed by atoms with Crippen LogP contribution >= 0.6 is 0 Å². The molecule has 0 spiro atoms. The quantitative estimate of drug-likeness (QED) is 0.427. The molecule has 0 aliphatic rings. The molecule has 0 saturated carbocycles. The SMILES string of the molecule is COc1nn(CCCON(C)C(=O)OC(C)(C)C)cc1[N+](=O)[O-]. The first kappa shape index (κ1) is 18.7. The normalized spacial score (nSPS) is 11.2. The lowest BCUT2D eigenvalue weighted by atomic mass is 10.2. The highest BCUT2D eigenvalue weighted by molar-refractivity contribution is 5.66. The van der Waals surface area contributed by atoms with Crippen LogP contribution in [0.4, 0.5) is 10.5 Å². The summed E-state index contributed by atoms with van der Waals surface area (Å²) < 4.78 is 11.4. The first-order valence-corrected chi connectivity index (χ1v) is 6.99. The van der Waals surface area contributed by atoms with E-state index in [-0.39, 0.29) is 18.2 Å². The average molecular weight is 330 g/mol. The van der Waals surface area contributed by atoms with Crippen LogP contribution in [0.1, 0.15) is 27.2 Å². The summed E-state index contributed by atoms with van der Waals surface area (Å²) in [6.45, 7) is 5.89. The highest BCUT2D eigenvalue weighted by Gasteiger charge is 2.21. The monoisotopic (exact) mass is 330 g/mol. The molecule has 0 saturated heterocycles. The number of nitrogens with zero attached hydrogens (tertiary/aromatic N) is 4. The zero-order valence-electron chi connectivity index (χ0n) is 13.9. The van der Waals surface area contributed by atoms with E-state index in [0.717, 1.165) is 5.06 Å². The van der Waals surface area contributed by atoms with Crippen molar-refractivity contribution in [3.8, 4) is 5.88 Å². The second-order valence-corrected chi connectivity index (χ2v) is 5.71. The zero-order valence-corrected chi connectivity index (χ0v) is 13.9. The Kier molecular flexibility index (Phi) is 6.31. The molecule has 10 nitrogen and oxygen atoms in total. The topological polar surface area (TPSA) is 109 Å². The van der Waals surface area contributed by atoms with Gasteiger partial charge in [0.15, 0.2) is 0 Å². The van der Waals surface area contributed by atoms with Crippen molar-refractivity contribution in [2.45, 2.75) is 39.3 Å². The highest BCUT2D eigenvalue weighted by Crippen LogP contribution is 2.23. The maximum Gasteiger partial charge on any atom is 0.434 e. The Balaban J connectivity index is 2.40. The van der Waals surface area contributed by atoms with Crippen LogP contribution in [0.25, 0.3) is 0 Å². The first-order valence-electron chi connectivity index (χ1n) is 6.99. The molecule has 0 fully saturated rings. The van der Waals surface area contributed by atoms with Gasteiger partial charge in [0.25, 0.3) is 0 Å². The largest absolute Gasteiger partial charge is 0.475 e. The predicted octanol–water partition coefficient (Wildman–Crippen LogP) is 1.99. The Morgan fingerprint density at radius 3 is 2.61 bits per heavy atom. The summed E-state index contributed by atoms with van der Waals surface area (Å²) in [7, 11) is 2.77. The van der Waals surface area contributed by atoms with E-state index in [9.17, 15) is 14.9 Å². The molecule has 0 radical (unpaired) electrons. The summed E-state index contributed by atoms with van der Waals surface area (Å²) in [5.41, 5.74) is -0.793. The van der Waals surface area contributed by atoms with E-state index in [2.05, 4.69) is 5.10 Å². The maximum atomic E-state index is 11.7. The number of amides is 1. The number of aromatic nitrogens is 2. The molecule has 1 aromatic rings. The molecule has 0 bridgehead atoms. The molecule has 0 aromatic carbocycles. The average Bonchev–Trinajstić information content (AvgIpc) is 2.85. The Morgan fingerprint density at radius 2 is 2.13 bits per heavy atom. The second kappa shape index (κ2) is 7.77. The van der Waals surface area contributed by atoms with Gasteiger partial charge in [-0.2, -0.15) is 5.06 Å². The standard InChI is InChI=1S/C13H22N4O6/c1-13(2,3)23-12(18)15(4)22-8-6-7-16-9-10(17(19)20)11(14-16)21-5/h9H,6-8H2,1-5H3. The van der Waals surface area contributed by atoms with Crippen LogP contribution < -0.4 is 4.74 Å². The van der Waals surface area contributed by atoms with Crippen LogP contribution in [0, 0.1) is 10.1 Å². The number of hydrogen-bond acceptors (Lipinski definition) is 7. The van der Waals surface area contributed by atoms with Crippen LogP contribution in [0.15, 0.2) is 6.20 Å². The summed E-state index contributed by atoms with van der Waals surface area (Å²) in [6.07, 6.45) is 1.19. The van der Waals surface area contributed by atoms with Gasteiger partial charge in [-0.1, -0.05) is 0 Å². The predicted molar refractivity (Wildman–Crippen MR) is 80.0 cm³/mol. The van der Waals surface area contributed by atoms with Crippen molar-refractivity contribution in [2.24, 2.45) is 0 Å². The summed E-state index contributed by atoms with van der Waals surface area (Å²) in [6, 6.07) is 0. The number of carbonyl (C=O) groups excluding carboxylic acids is 1. The van der Waals surface area contributed by atoms with Crippen LogP contribution in [0.2, 0.25) is 0 Å². The van der Waals surface area contributed by atoms with Crippen molar-refractivity contribution in [3.05, 3.63) is 16.3 Å². The number of rotatable bonds is 7. The number of carbonyl (C=O) groups is 1. The van der Waals surface area contributed by atoms with Gasteiger partial charge in [0.1, 0.15) is 11.8 Å². The lowest BCUT2D eigenvalue weighted by molar-refractivity contribution is -0.385. The van der Waals surface area contributed by atoms with E-state index >= 15 is 0 Å². The van der Waals surface area contributed by atoms with Gasteiger partial charge in [-0.3, -0.25) is 19.6 Å². The molecular formula is C13H22N4O6. The van der Waals surface area contributed by atoms with Crippen molar-refractivity contribution in [1.82, 2.24) is 14.8 Å². The van der Waals surface area contributed by atoms with Gasteiger partial charge in [0.2, 0.25) is 0 Å². The second-order valence-electron chi connectivity index (χ2n) is 5.71. The third-order valence-electron chi connectivity index (χ3n) is 2.57. The fourth-order valence-electron chi connectivity index (χ4n) is 1.59. The first-order chi connectivity index (χ1) is 10.6. The number of ether oxygens (including phenoxy) is 2. The Hall–Kier alpha value is -2.36. The highest BCUT2D eigenvalue weighted by atomic mass is 16.7. The molecule has 0 N–H and O–H groups in total. The van der Waals surface area contributed by atoms with Gasteiger partial charge >= 0.3 is 17.7 Å². The number of aryl methyl sites for hydroxylation is 1. The molecule has 10 heteroatoms. The van der Waals surface area contributed by atoms with E-state index in [4.69, 9.17) is 14.3 Å². The van der Waals surface area contributed by atoms with E-state index in [1.807, 2.05) is 0 Å². The fraction of sp³-hybridized carbons (Fsp3) is 0.692. The van der Waals surface area contributed by atoms with Gasteiger partial charge in [-0.05, 0) is 27.2 Å². The molecule has 0 aliphatic heterocycles. The van der Waals surface area contributed by atoms with Crippen LogP contribution in [0.3, 0.4) is 0 Å². The van der Waals surface area contributed by atoms with Crippen LogP contribution in [0.5, 0.6) is 5.88 Å².